The van der Waals surface area contributed by atoms with Gasteiger partial charge >= 0.3 is 0 Å². The highest BCUT2D eigenvalue weighted by molar-refractivity contribution is 5.39. The van der Waals surface area contributed by atoms with Crippen molar-refractivity contribution < 1.29 is 23.0 Å². The van der Waals surface area contributed by atoms with Crippen LogP contribution in [0.2, 0.25) is 0 Å². The SMILES string of the molecule is O[C@H]1CC(c2ccc(F)cc2F)Oc2ccc(F)cc21. The van der Waals surface area contributed by atoms with Gasteiger partial charge in [0.1, 0.15) is 29.3 Å². The minimum absolute atomic E-state index is 0.0823. The van der Waals surface area contributed by atoms with E-state index in [9.17, 15) is 18.3 Å². The first-order valence-electron chi connectivity index (χ1n) is 6.13. The maximum absolute atomic E-state index is 13.7. The van der Waals surface area contributed by atoms with Crippen LogP contribution in [-0.2, 0) is 0 Å². The third kappa shape index (κ3) is 2.25. The Balaban J connectivity index is 1.97. The van der Waals surface area contributed by atoms with Crippen molar-refractivity contribution in [2.75, 3.05) is 0 Å². The maximum Gasteiger partial charge on any atom is 0.133 e. The molecule has 1 heterocycles. The molecule has 3 rings (SSSR count). The Kier molecular flexibility index (Phi) is 3.14. The van der Waals surface area contributed by atoms with Crippen molar-refractivity contribution in [1.82, 2.24) is 0 Å². The highest BCUT2D eigenvalue weighted by atomic mass is 19.1. The van der Waals surface area contributed by atoms with Crippen LogP contribution in [0.3, 0.4) is 0 Å². The Morgan fingerprint density at radius 2 is 1.65 bits per heavy atom. The lowest BCUT2D eigenvalue weighted by Crippen LogP contribution is -2.20. The van der Waals surface area contributed by atoms with Crippen LogP contribution >= 0.6 is 0 Å². The fourth-order valence-corrected chi connectivity index (χ4v) is 2.37. The zero-order valence-electron chi connectivity index (χ0n) is 10.3. The number of aliphatic hydroxyl groups excluding tert-OH is 1. The van der Waals surface area contributed by atoms with Crippen molar-refractivity contribution in [3.05, 3.63) is 65.0 Å². The number of hydrogen-bond donors (Lipinski definition) is 1. The molecule has 2 atom stereocenters. The first-order valence-corrected chi connectivity index (χ1v) is 6.13. The summed E-state index contributed by atoms with van der Waals surface area (Å²) in [6.45, 7) is 0. The van der Waals surface area contributed by atoms with Gasteiger partial charge in [0.15, 0.2) is 0 Å². The van der Waals surface area contributed by atoms with Gasteiger partial charge in [0.05, 0.1) is 6.10 Å². The average Bonchev–Trinajstić information content (AvgIpc) is 2.39. The largest absolute Gasteiger partial charge is 0.485 e. The molecule has 0 fully saturated rings. The van der Waals surface area contributed by atoms with Gasteiger partial charge in [-0.25, -0.2) is 13.2 Å². The van der Waals surface area contributed by atoms with E-state index in [1.807, 2.05) is 0 Å². The average molecular weight is 280 g/mol. The lowest BCUT2D eigenvalue weighted by molar-refractivity contribution is 0.0636. The molecular weight excluding hydrogens is 269 g/mol. The summed E-state index contributed by atoms with van der Waals surface area (Å²) in [5.74, 6) is -1.57. The molecule has 104 valence electrons. The fourth-order valence-electron chi connectivity index (χ4n) is 2.37. The second-order valence-corrected chi connectivity index (χ2v) is 4.71. The molecule has 0 saturated carbocycles. The highest BCUT2D eigenvalue weighted by Gasteiger charge is 2.30. The van der Waals surface area contributed by atoms with Crippen molar-refractivity contribution in [1.29, 1.82) is 0 Å². The Hall–Kier alpha value is -2.01. The van der Waals surface area contributed by atoms with E-state index in [1.54, 1.807) is 0 Å². The van der Waals surface area contributed by atoms with E-state index >= 15 is 0 Å². The second-order valence-electron chi connectivity index (χ2n) is 4.71. The van der Waals surface area contributed by atoms with Gasteiger partial charge in [-0.3, -0.25) is 0 Å². The molecule has 0 saturated heterocycles. The van der Waals surface area contributed by atoms with Crippen LogP contribution in [0.15, 0.2) is 36.4 Å². The van der Waals surface area contributed by atoms with E-state index < -0.39 is 29.7 Å². The van der Waals surface area contributed by atoms with E-state index in [0.717, 1.165) is 12.1 Å². The summed E-state index contributed by atoms with van der Waals surface area (Å²) in [6, 6.07) is 6.98. The van der Waals surface area contributed by atoms with E-state index in [2.05, 4.69) is 0 Å². The Morgan fingerprint density at radius 3 is 2.40 bits per heavy atom. The molecule has 20 heavy (non-hydrogen) atoms. The van der Waals surface area contributed by atoms with E-state index in [1.165, 1.54) is 24.3 Å². The maximum atomic E-state index is 13.7. The topological polar surface area (TPSA) is 29.5 Å². The molecule has 0 amide bonds. The van der Waals surface area contributed by atoms with Crippen molar-refractivity contribution in [2.24, 2.45) is 0 Å². The zero-order chi connectivity index (χ0) is 14.3. The number of hydrogen-bond acceptors (Lipinski definition) is 2. The quantitative estimate of drug-likeness (QED) is 0.863. The molecule has 5 heteroatoms. The summed E-state index contributed by atoms with van der Waals surface area (Å²) in [4.78, 5) is 0. The molecule has 0 bridgehead atoms. The molecule has 1 N–H and O–H groups in total. The van der Waals surface area contributed by atoms with Crippen molar-refractivity contribution in [3.8, 4) is 5.75 Å². The minimum Gasteiger partial charge on any atom is -0.485 e. The van der Waals surface area contributed by atoms with Crippen LogP contribution < -0.4 is 4.74 Å². The summed E-state index contributed by atoms with van der Waals surface area (Å²) in [6.07, 6.45) is -1.61. The second kappa shape index (κ2) is 4.83. The van der Waals surface area contributed by atoms with Gasteiger partial charge in [-0.05, 0) is 30.3 Å². The molecule has 1 unspecified atom stereocenters. The predicted octanol–water partition coefficient (Wildman–Crippen LogP) is 3.66. The number of rotatable bonds is 1. The Labute approximate surface area is 113 Å². The van der Waals surface area contributed by atoms with Crippen molar-refractivity contribution in [3.63, 3.8) is 0 Å². The van der Waals surface area contributed by atoms with Gasteiger partial charge in [-0.2, -0.15) is 0 Å². The molecule has 2 aromatic carbocycles. The van der Waals surface area contributed by atoms with E-state index in [0.29, 0.717) is 11.3 Å². The highest BCUT2D eigenvalue weighted by Crippen LogP contribution is 2.41. The molecule has 2 aromatic rings. The van der Waals surface area contributed by atoms with Gasteiger partial charge in [-0.1, -0.05) is 0 Å². The van der Waals surface area contributed by atoms with Crippen molar-refractivity contribution in [2.45, 2.75) is 18.6 Å². The summed E-state index contributed by atoms with van der Waals surface area (Å²) < 4.78 is 45.3. The number of fused-ring (bicyclic) bond motifs is 1. The lowest BCUT2D eigenvalue weighted by atomic mass is 9.94. The normalized spacial score (nSPS) is 21.2. The monoisotopic (exact) mass is 280 g/mol. The molecule has 0 spiro atoms. The van der Waals surface area contributed by atoms with Gasteiger partial charge in [0.2, 0.25) is 0 Å². The van der Waals surface area contributed by atoms with Crippen LogP contribution in [0.25, 0.3) is 0 Å². The van der Waals surface area contributed by atoms with Gasteiger partial charge in [-0.15, -0.1) is 0 Å². The number of aliphatic hydroxyl groups is 1. The molecular formula is C15H11F3O2. The zero-order valence-corrected chi connectivity index (χ0v) is 10.3. The molecule has 0 aliphatic carbocycles. The lowest BCUT2D eigenvalue weighted by Gasteiger charge is -2.30. The summed E-state index contributed by atoms with van der Waals surface area (Å²) in [5, 5.41) is 10.0. The van der Waals surface area contributed by atoms with Crippen LogP contribution in [0.4, 0.5) is 13.2 Å². The van der Waals surface area contributed by atoms with Gasteiger partial charge in [0.25, 0.3) is 0 Å². The first kappa shape index (κ1) is 13.0. The fraction of sp³-hybridized carbons (Fsp3) is 0.200. The summed E-state index contributed by atoms with van der Waals surface area (Å²) in [5.41, 5.74) is 0.504. The predicted molar refractivity (Wildman–Crippen MR) is 65.7 cm³/mol. The third-order valence-electron chi connectivity index (χ3n) is 3.35. The minimum atomic E-state index is -0.955. The van der Waals surface area contributed by atoms with Crippen molar-refractivity contribution >= 4 is 0 Å². The number of ether oxygens (including phenoxy) is 1. The third-order valence-corrected chi connectivity index (χ3v) is 3.35. The molecule has 0 aromatic heterocycles. The standard InChI is InChI=1S/C15H11F3O2/c16-8-2-4-14-11(5-8)13(19)7-15(20-14)10-3-1-9(17)6-12(10)18/h1-6,13,15,19H,7H2/t13-,15?/m0/s1. The molecule has 2 nitrogen and oxygen atoms in total. The van der Waals surface area contributed by atoms with Crippen LogP contribution in [0, 0.1) is 17.5 Å². The van der Waals surface area contributed by atoms with E-state index in [4.69, 9.17) is 4.74 Å². The van der Waals surface area contributed by atoms with E-state index in [-0.39, 0.29) is 12.0 Å². The van der Waals surface area contributed by atoms with Gasteiger partial charge < -0.3 is 9.84 Å². The Bertz CT molecular complexity index is 658. The summed E-state index contributed by atoms with van der Waals surface area (Å²) >= 11 is 0. The number of halogens is 3. The van der Waals surface area contributed by atoms with Crippen LogP contribution in [-0.4, -0.2) is 5.11 Å². The molecule has 0 radical (unpaired) electrons. The number of benzene rings is 2. The molecule has 1 aliphatic heterocycles. The first-order chi connectivity index (χ1) is 9.54. The molecule has 1 aliphatic rings. The Morgan fingerprint density at radius 1 is 0.950 bits per heavy atom. The van der Waals surface area contributed by atoms with Crippen LogP contribution in [0.1, 0.15) is 29.8 Å². The van der Waals surface area contributed by atoms with Gasteiger partial charge in [0, 0.05) is 23.6 Å². The summed E-state index contributed by atoms with van der Waals surface area (Å²) in [7, 11) is 0. The van der Waals surface area contributed by atoms with Crippen LogP contribution in [0.5, 0.6) is 5.75 Å². The smallest absolute Gasteiger partial charge is 0.133 e.